The number of aromatic amines is 1. The van der Waals surface area contributed by atoms with Crippen LogP contribution in [-0.4, -0.2) is 37.5 Å². The second-order valence-corrected chi connectivity index (χ2v) is 8.46. The summed E-state index contributed by atoms with van der Waals surface area (Å²) in [5.41, 5.74) is 3.01. The molecule has 1 saturated heterocycles. The van der Waals surface area contributed by atoms with E-state index in [0.717, 1.165) is 53.4 Å². The molecule has 0 spiro atoms. The average molecular weight is 438 g/mol. The van der Waals surface area contributed by atoms with Gasteiger partial charge in [-0.15, -0.1) is 0 Å². The van der Waals surface area contributed by atoms with Gasteiger partial charge < -0.3 is 9.64 Å². The Balaban J connectivity index is 1.27. The number of pyridine rings is 1. The average Bonchev–Trinajstić information content (AvgIpc) is 3.54. The Morgan fingerprint density at radius 3 is 2.42 bits per heavy atom. The van der Waals surface area contributed by atoms with Crippen LogP contribution in [0.4, 0.5) is 0 Å². The zero-order chi connectivity index (χ0) is 22.2. The lowest BCUT2D eigenvalue weighted by Crippen LogP contribution is -2.32. The van der Waals surface area contributed by atoms with Crippen molar-refractivity contribution in [1.29, 1.82) is 0 Å². The number of rotatable bonds is 4. The molecule has 2 aromatic heterocycles. The number of likely N-dealkylation sites (tertiary alicyclic amines) is 1. The zero-order valence-corrected chi connectivity index (χ0v) is 18.0. The number of hydrogen-bond acceptors (Lipinski definition) is 5. The van der Waals surface area contributed by atoms with Crippen LogP contribution >= 0.6 is 0 Å². The van der Waals surface area contributed by atoms with Crippen molar-refractivity contribution in [2.45, 2.75) is 31.2 Å². The second-order valence-electron chi connectivity index (χ2n) is 8.46. The highest BCUT2D eigenvalue weighted by Crippen LogP contribution is 2.46. The fourth-order valence-corrected chi connectivity index (χ4v) is 4.92. The van der Waals surface area contributed by atoms with Crippen molar-refractivity contribution in [2.24, 2.45) is 0 Å². The first-order chi connectivity index (χ1) is 16.3. The van der Waals surface area contributed by atoms with Crippen molar-refractivity contribution in [3.05, 3.63) is 90.0 Å². The van der Waals surface area contributed by atoms with Crippen LogP contribution < -0.4 is 4.74 Å². The van der Waals surface area contributed by atoms with Gasteiger partial charge in [0.05, 0.1) is 6.04 Å². The van der Waals surface area contributed by atoms with Crippen LogP contribution in [0, 0.1) is 0 Å². The van der Waals surface area contributed by atoms with E-state index in [9.17, 15) is 4.79 Å². The Bertz CT molecular complexity index is 1260. The van der Waals surface area contributed by atoms with Crippen molar-refractivity contribution in [3.63, 3.8) is 0 Å². The lowest BCUT2D eigenvalue weighted by Gasteiger charge is -2.30. The fraction of sp³-hybridized carbons (Fsp3) is 0.231. The van der Waals surface area contributed by atoms with E-state index in [1.165, 1.54) is 0 Å². The van der Waals surface area contributed by atoms with Gasteiger partial charge >= 0.3 is 0 Å². The number of para-hydroxylation sites is 2. The van der Waals surface area contributed by atoms with E-state index in [0.29, 0.717) is 12.2 Å². The SMILES string of the molecule is O=C(CC1c2ccccc2Oc2ccccc21)N1CCC[C@H]1c1nc(-c2ccncc2)n[nH]1. The molecule has 7 nitrogen and oxygen atoms in total. The van der Waals surface area contributed by atoms with E-state index >= 15 is 0 Å². The van der Waals surface area contributed by atoms with Crippen LogP contribution in [0.2, 0.25) is 0 Å². The number of amides is 1. The van der Waals surface area contributed by atoms with Gasteiger partial charge in [0.25, 0.3) is 0 Å². The number of carbonyl (C=O) groups excluding carboxylic acids is 1. The Morgan fingerprint density at radius 2 is 1.70 bits per heavy atom. The number of fused-ring (bicyclic) bond motifs is 2. The van der Waals surface area contributed by atoms with Crippen molar-refractivity contribution in [3.8, 4) is 22.9 Å². The number of nitrogens with one attached hydrogen (secondary N) is 1. The van der Waals surface area contributed by atoms with Crippen molar-refractivity contribution >= 4 is 5.91 Å². The molecule has 0 unspecified atom stereocenters. The van der Waals surface area contributed by atoms with E-state index in [1.54, 1.807) is 12.4 Å². The maximum atomic E-state index is 13.6. The molecule has 0 bridgehead atoms. The molecule has 2 aliphatic rings. The maximum absolute atomic E-state index is 13.6. The highest BCUT2D eigenvalue weighted by Gasteiger charge is 2.36. The lowest BCUT2D eigenvalue weighted by molar-refractivity contribution is -0.132. The molecule has 33 heavy (non-hydrogen) atoms. The first-order valence-electron chi connectivity index (χ1n) is 11.3. The molecule has 164 valence electrons. The summed E-state index contributed by atoms with van der Waals surface area (Å²) in [6.07, 6.45) is 5.65. The third-order valence-corrected chi connectivity index (χ3v) is 6.52. The summed E-state index contributed by atoms with van der Waals surface area (Å²) >= 11 is 0. The molecule has 1 fully saturated rings. The summed E-state index contributed by atoms with van der Waals surface area (Å²) in [4.78, 5) is 24.3. The molecular weight excluding hydrogens is 414 g/mol. The fourth-order valence-electron chi connectivity index (χ4n) is 4.92. The Kier molecular flexibility index (Phi) is 4.87. The molecule has 2 aromatic carbocycles. The number of benzene rings is 2. The first kappa shape index (κ1) is 19.7. The molecule has 2 aliphatic heterocycles. The topological polar surface area (TPSA) is 84.0 Å². The molecule has 4 aromatic rings. The van der Waals surface area contributed by atoms with E-state index in [2.05, 4.69) is 27.3 Å². The summed E-state index contributed by atoms with van der Waals surface area (Å²) < 4.78 is 6.10. The molecule has 0 radical (unpaired) electrons. The highest BCUT2D eigenvalue weighted by atomic mass is 16.5. The van der Waals surface area contributed by atoms with Crippen LogP contribution in [0.25, 0.3) is 11.4 Å². The van der Waals surface area contributed by atoms with E-state index < -0.39 is 0 Å². The van der Waals surface area contributed by atoms with Gasteiger partial charge in [0.15, 0.2) is 5.82 Å². The lowest BCUT2D eigenvalue weighted by atomic mass is 9.85. The number of H-pyrrole nitrogens is 1. The molecule has 0 saturated carbocycles. The molecule has 7 heteroatoms. The Morgan fingerprint density at radius 1 is 1.00 bits per heavy atom. The van der Waals surface area contributed by atoms with Gasteiger partial charge in [-0.25, -0.2) is 4.98 Å². The second kappa shape index (κ2) is 8.16. The quantitative estimate of drug-likeness (QED) is 0.493. The molecule has 4 heterocycles. The monoisotopic (exact) mass is 437 g/mol. The predicted octanol–water partition coefficient (Wildman–Crippen LogP) is 4.86. The molecule has 1 N–H and O–H groups in total. The largest absolute Gasteiger partial charge is 0.457 e. The summed E-state index contributed by atoms with van der Waals surface area (Å²) in [5, 5.41) is 7.45. The van der Waals surface area contributed by atoms with Gasteiger partial charge in [-0.1, -0.05) is 36.4 Å². The Labute approximate surface area is 191 Å². The van der Waals surface area contributed by atoms with Crippen LogP contribution in [0.1, 0.15) is 48.2 Å². The summed E-state index contributed by atoms with van der Waals surface area (Å²) in [6.45, 7) is 0.724. The standard InChI is InChI=1S/C26H23N5O2/c32-24(16-20-18-6-1-3-9-22(18)33-23-10-4-2-7-19(20)23)31-15-5-8-21(31)26-28-25(29-30-26)17-11-13-27-14-12-17/h1-4,6-7,9-14,20-21H,5,8,15-16H2,(H,28,29,30)/t21-/m0/s1. The number of nitrogens with zero attached hydrogens (tertiary/aromatic N) is 4. The van der Waals surface area contributed by atoms with E-state index in [4.69, 9.17) is 9.72 Å². The number of hydrogen-bond donors (Lipinski definition) is 1. The third kappa shape index (κ3) is 3.55. The Hall–Kier alpha value is -4.00. The molecular formula is C26H23N5O2. The van der Waals surface area contributed by atoms with Crippen molar-refractivity contribution in [2.75, 3.05) is 6.54 Å². The maximum Gasteiger partial charge on any atom is 0.224 e. The van der Waals surface area contributed by atoms with Crippen LogP contribution in [0.15, 0.2) is 73.1 Å². The van der Waals surface area contributed by atoms with Gasteiger partial charge in [0, 0.05) is 48.0 Å². The van der Waals surface area contributed by atoms with Crippen molar-refractivity contribution < 1.29 is 9.53 Å². The smallest absolute Gasteiger partial charge is 0.224 e. The van der Waals surface area contributed by atoms with Gasteiger partial charge in [0.2, 0.25) is 5.91 Å². The van der Waals surface area contributed by atoms with Gasteiger partial charge in [-0.3, -0.25) is 14.9 Å². The molecule has 1 amide bonds. The predicted molar refractivity (Wildman–Crippen MR) is 123 cm³/mol. The van der Waals surface area contributed by atoms with Crippen LogP contribution in [0.5, 0.6) is 11.5 Å². The third-order valence-electron chi connectivity index (χ3n) is 6.52. The van der Waals surface area contributed by atoms with Gasteiger partial charge in [-0.2, -0.15) is 5.10 Å². The van der Waals surface area contributed by atoms with E-state index in [1.807, 2.05) is 53.4 Å². The minimum atomic E-state index is -0.0917. The number of aromatic nitrogens is 4. The van der Waals surface area contributed by atoms with Gasteiger partial charge in [-0.05, 0) is 37.1 Å². The van der Waals surface area contributed by atoms with Crippen LogP contribution in [0.3, 0.4) is 0 Å². The molecule has 0 aliphatic carbocycles. The minimum absolute atomic E-state index is 0.0398. The number of ether oxygens (including phenoxy) is 1. The number of carbonyl (C=O) groups is 1. The molecule has 1 atom stereocenters. The molecule has 6 rings (SSSR count). The van der Waals surface area contributed by atoms with Crippen molar-refractivity contribution in [1.82, 2.24) is 25.1 Å². The van der Waals surface area contributed by atoms with Gasteiger partial charge in [0.1, 0.15) is 17.3 Å². The highest BCUT2D eigenvalue weighted by molar-refractivity contribution is 5.79. The minimum Gasteiger partial charge on any atom is -0.457 e. The summed E-state index contributed by atoms with van der Waals surface area (Å²) in [6, 6.07) is 19.7. The van der Waals surface area contributed by atoms with E-state index in [-0.39, 0.29) is 17.9 Å². The summed E-state index contributed by atoms with van der Waals surface area (Å²) in [7, 11) is 0. The summed E-state index contributed by atoms with van der Waals surface area (Å²) in [5.74, 6) is 3.09. The van der Waals surface area contributed by atoms with Crippen LogP contribution in [-0.2, 0) is 4.79 Å². The first-order valence-corrected chi connectivity index (χ1v) is 11.3. The normalized spacial score (nSPS) is 17.3. The zero-order valence-electron chi connectivity index (χ0n) is 18.0.